The summed E-state index contributed by atoms with van der Waals surface area (Å²) in [7, 11) is 1.59. The lowest BCUT2D eigenvalue weighted by Gasteiger charge is -2.08. The third-order valence-corrected chi connectivity index (χ3v) is 3.78. The van der Waals surface area contributed by atoms with E-state index in [4.69, 9.17) is 0 Å². The van der Waals surface area contributed by atoms with E-state index in [-0.39, 0.29) is 17.2 Å². The lowest BCUT2D eigenvalue weighted by molar-refractivity contribution is -0.384. The van der Waals surface area contributed by atoms with Crippen LogP contribution in [-0.4, -0.2) is 24.1 Å². The highest BCUT2D eigenvalue weighted by Gasteiger charge is 2.16. The second kappa shape index (κ2) is 6.95. The normalized spacial score (nSPS) is 10.1. The van der Waals surface area contributed by atoms with Gasteiger partial charge in [0.15, 0.2) is 0 Å². The molecule has 0 saturated heterocycles. The molecular weight excluding hydrogens is 302 g/mol. The number of benzene rings is 2. The standard InChI is InChI=1S/C15H15N3O3S/c1-16-13-7-6-10(8-14(13)18(20)21)15(19)17-11-4-3-5-12(9-11)22-2/h3-9,16H,1-2H3,(H,17,19). The Morgan fingerprint density at radius 1 is 1.23 bits per heavy atom. The van der Waals surface area contributed by atoms with Gasteiger partial charge in [-0.15, -0.1) is 11.8 Å². The van der Waals surface area contributed by atoms with Gasteiger partial charge < -0.3 is 10.6 Å². The van der Waals surface area contributed by atoms with Crippen LogP contribution in [0, 0.1) is 10.1 Å². The van der Waals surface area contributed by atoms with Crippen LogP contribution in [0.3, 0.4) is 0 Å². The molecule has 2 N–H and O–H groups in total. The molecular formula is C15H15N3O3S. The van der Waals surface area contributed by atoms with E-state index in [0.29, 0.717) is 11.4 Å². The molecule has 0 aromatic heterocycles. The van der Waals surface area contributed by atoms with Gasteiger partial charge in [-0.05, 0) is 36.6 Å². The number of thioether (sulfide) groups is 1. The molecule has 0 heterocycles. The van der Waals surface area contributed by atoms with Crippen LogP contribution in [0.1, 0.15) is 10.4 Å². The van der Waals surface area contributed by atoms with Crippen molar-refractivity contribution in [2.75, 3.05) is 23.9 Å². The first-order valence-corrected chi connectivity index (χ1v) is 7.69. The molecule has 114 valence electrons. The summed E-state index contributed by atoms with van der Waals surface area (Å²) < 4.78 is 0. The van der Waals surface area contributed by atoms with Gasteiger partial charge in [-0.2, -0.15) is 0 Å². The minimum atomic E-state index is -0.517. The third-order valence-electron chi connectivity index (χ3n) is 3.05. The van der Waals surface area contributed by atoms with Gasteiger partial charge in [-0.1, -0.05) is 6.07 Å². The molecule has 22 heavy (non-hydrogen) atoms. The van der Waals surface area contributed by atoms with Crippen LogP contribution >= 0.6 is 11.8 Å². The van der Waals surface area contributed by atoms with Crippen LogP contribution in [-0.2, 0) is 0 Å². The number of carbonyl (C=O) groups is 1. The van der Waals surface area contributed by atoms with Gasteiger partial charge in [0.25, 0.3) is 11.6 Å². The van der Waals surface area contributed by atoms with Crippen LogP contribution in [0.25, 0.3) is 0 Å². The molecule has 0 saturated carbocycles. The Hall–Kier alpha value is -2.54. The first-order valence-electron chi connectivity index (χ1n) is 6.46. The molecule has 2 rings (SSSR count). The lowest BCUT2D eigenvalue weighted by Crippen LogP contribution is -2.12. The zero-order valence-corrected chi connectivity index (χ0v) is 12.9. The van der Waals surface area contributed by atoms with Crippen molar-refractivity contribution in [2.24, 2.45) is 0 Å². The van der Waals surface area contributed by atoms with Gasteiger partial charge in [0.05, 0.1) is 4.92 Å². The van der Waals surface area contributed by atoms with E-state index in [1.165, 1.54) is 12.1 Å². The summed E-state index contributed by atoms with van der Waals surface area (Å²) in [6.45, 7) is 0. The predicted octanol–water partition coefficient (Wildman–Crippen LogP) is 3.61. The fourth-order valence-electron chi connectivity index (χ4n) is 1.94. The van der Waals surface area contributed by atoms with Crippen LogP contribution in [0.15, 0.2) is 47.4 Å². The maximum Gasteiger partial charge on any atom is 0.293 e. The summed E-state index contributed by atoms with van der Waals surface area (Å²) >= 11 is 1.57. The first kappa shape index (κ1) is 15.8. The van der Waals surface area contributed by atoms with E-state index in [2.05, 4.69) is 10.6 Å². The first-order chi connectivity index (χ1) is 10.5. The molecule has 0 aliphatic heterocycles. The molecule has 0 bridgehead atoms. The van der Waals surface area contributed by atoms with E-state index < -0.39 is 4.92 Å². The van der Waals surface area contributed by atoms with E-state index >= 15 is 0 Å². The lowest BCUT2D eigenvalue weighted by atomic mass is 10.1. The minimum Gasteiger partial charge on any atom is -0.383 e. The van der Waals surface area contributed by atoms with Crippen molar-refractivity contribution in [1.29, 1.82) is 0 Å². The molecule has 0 radical (unpaired) electrons. The average Bonchev–Trinajstić information content (AvgIpc) is 2.54. The Bertz CT molecular complexity index is 719. The number of amides is 1. The van der Waals surface area contributed by atoms with Gasteiger partial charge in [-0.3, -0.25) is 14.9 Å². The fourth-order valence-corrected chi connectivity index (χ4v) is 2.40. The van der Waals surface area contributed by atoms with Crippen molar-refractivity contribution in [1.82, 2.24) is 0 Å². The number of carbonyl (C=O) groups excluding carboxylic acids is 1. The molecule has 6 nitrogen and oxygen atoms in total. The molecule has 2 aromatic carbocycles. The number of nitro benzene ring substituents is 1. The number of nitrogens with zero attached hydrogens (tertiary/aromatic N) is 1. The van der Waals surface area contributed by atoms with Gasteiger partial charge in [0.2, 0.25) is 0 Å². The largest absolute Gasteiger partial charge is 0.383 e. The van der Waals surface area contributed by atoms with Crippen LogP contribution in [0.5, 0.6) is 0 Å². The van der Waals surface area contributed by atoms with E-state index in [1.807, 2.05) is 24.5 Å². The summed E-state index contributed by atoms with van der Waals surface area (Å²) in [6.07, 6.45) is 1.95. The van der Waals surface area contributed by atoms with E-state index in [9.17, 15) is 14.9 Å². The Kier molecular flexibility index (Phi) is 5.00. The summed E-state index contributed by atoms with van der Waals surface area (Å²) in [6, 6.07) is 11.7. The molecule has 2 aromatic rings. The Morgan fingerprint density at radius 3 is 2.64 bits per heavy atom. The molecule has 1 amide bonds. The number of hydrogen-bond acceptors (Lipinski definition) is 5. The van der Waals surface area contributed by atoms with Crippen LogP contribution in [0.2, 0.25) is 0 Å². The second-order valence-electron chi connectivity index (χ2n) is 4.43. The molecule has 7 heteroatoms. The predicted molar refractivity (Wildman–Crippen MR) is 88.8 cm³/mol. The quantitative estimate of drug-likeness (QED) is 0.500. The number of nitro groups is 1. The molecule has 0 aliphatic rings. The van der Waals surface area contributed by atoms with Gasteiger partial charge in [0, 0.05) is 29.3 Å². The second-order valence-corrected chi connectivity index (χ2v) is 5.30. The topological polar surface area (TPSA) is 84.3 Å². The maximum absolute atomic E-state index is 12.2. The number of rotatable bonds is 5. The van der Waals surface area contributed by atoms with Crippen LogP contribution in [0.4, 0.5) is 17.1 Å². The zero-order valence-electron chi connectivity index (χ0n) is 12.1. The Balaban J connectivity index is 2.25. The van der Waals surface area contributed by atoms with Crippen molar-refractivity contribution >= 4 is 34.7 Å². The van der Waals surface area contributed by atoms with Crippen molar-refractivity contribution < 1.29 is 9.72 Å². The van der Waals surface area contributed by atoms with Crippen molar-refractivity contribution in [2.45, 2.75) is 4.90 Å². The summed E-state index contributed by atoms with van der Waals surface area (Å²) in [5.74, 6) is -0.385. The highest BCUT2D eigenvalue weighted by atomic mass is 32.2. The Morgan fingerprint density at radius 2 is 2.00 bits per heavy atom. The zero-order chi connectivity index (χ0) is 16.1. The number of hydrogen-bond donors (Lipinski definition) is 2. The van der Waals surface area contributed by atoms with E-state index in [0.717, 1.165) is 4.90 Å². The van der Waals surface area contributed by atoms with Gasteiger partial charge >= 0.3 is 0 Å². The fraction of sp³-hybridized carbons (Fsp3) is 0.133. The summed E-state index contributed by atoms with van der Waals surface area (Å²) in [5, 5.41) is 16.5. The Labute approximate surface area is 132 Å². The summed E-state index contributed by atoms with van der Waals surface area (Å²) in [5.41, 5.74) is 1.12. The average molecular weight is 317 g/mol. The summed E-state index contributed by atoms with van der Waals surface area (Å²) in [4.78, 5) is 23.8. The smallest absolute Gasteiger partial charge is 0.293 e. The van der Waals surface area contributed by atoms with Crippen LogP contribution < -0.4 is 10.6 Å². The number of anilines is 2. The highest BCUT2D eigenvalue weighted by Crippen LogP contribution is 2.26. The number of nitrogens with one attached hydrogen (secondary N) is 2. The SMILES string of the molecule is CNc1ccc(C(=O)Nc2cccc(SC)c2)cc1[N+](=O)[O-]. The van der Waals surface area contributed by atoms with Crippen molar-refractivity contribution in [3.05, 3.63) is 58.1 Å². The highest BCUT2D eigenvalue weighted by molar-refractivity contribution is 7.98. The molecule has 0 spiro atoms. The van der Waals surface area contributed by atoms with Crippen molar-refractivity contribution in [3.8, 4) is 0 Å². The maximum atomic E-state index is 12.2. The third kappa shape index (κ3) is 3.56. The molecule has 0 unspecified atom stereocenters. The van der Waals surface area contributed by atoms with Gasteiger partial charge in [0.1, 0.15) is 5.69 Å². The van der Waals surface area contributed by atoms with E-state index in [1.54, 1.807) is 30.9 Å². The minimum absolute atomic E-state index is 0.131. The van der Waals surface area contributed by atoms with Gasteiger partial charge in [-0.25, -0.2) is 0 Å². The monoisotopic (exact) mass is 317 g/mol. The molecule has 0 atom stereocenters. The van der Waals surface area contributed by atoms with Crippen molar-refractivity contribution in [3.63, 3.8) is 0 Å². The molecule has 0 fully saturated rings. The molecule has 0 aliphatic carbocycles.